The van der Waals surface area contributed by atoms with E-state index in [0.29, 0.717) is 37.4 Å². The highest BCUT2D eigenvalue weighted by molar-refractivity contribution is 7.89. The summed E-state index contributed by atoms with van der Waals surface area (Å²) in [4.78, 5) is 14.3. The van der Waals surface area contributed by atoms with Gasteiger partial charge in [0.2, 0.25) is 10.0 Å². The van der Waals surface area contributed by atoms with Crippen LogP contribution in [0.5, 0.6) is 0 Å². The fourth-order valence-corrected chi connectivity index (χ4v) is 3.98. The van der Waals surface area contributed by atoms with E-state index in [1.807, 2.05) is 7.05 Å². The number of amides is 1. The molecule has 1 aromatic carbocycles. The van der Waals surface area contributed by atoms with Gasteiger partial charge in [-0.15, -0.1) is 0 Å². The minimum Gasteiger partial charge on any atom is -0.472 e. The third kappa shape index (κ3) is 3.50. The molecule has 1 N–H and O–H groups in total. The number of piperazine rings is 1. The lowest BCUT2D eigenvalue weighted by Crippen LogP contribution is -2.47. The molecule has 7 nitrogen and oxygen atoms in total. The molecule has 0 saturated carbocycles. The quantitative estimate of drug-likeness (QED) is 0.904. The van der Waals surface area contributed by atoms with Crippen molar-refractivity contribution in [2.75, 3.05) is 38.5 Å². The van der Waals surface area contributed by atoms with Crippen LogP contribution in [0.4, 0.5) is 5.69 Å². The van der Waals surface area contributed by atoms with E-state index in [-0.39, 0.29) is 10.8 Å². The summed E-state index contributed by atoms with van der Waals surface area (Å²) in [6, 6.07) is 7.84. The van der Waals surface area contributed by atoms with Gasteiger partial charge in [0.1, 0.15) is 6.26 Å². The summed E-state index contributed by atoms with van der Waals surface area (Å²) < 4.78 is 31.8. The van der Waals surface area contributed by atoms with Crippen molar-refractivity contribution in [1.82, 2.24) is 9.21 Å². The monoisotopic (exact) mass is 349 g/mol. The molecule has 2 heterocycles. The number of nitrogens with one attached hydrogen (secondary N) is 1. The van der Waals surface area contributed by atoms with Crippen LogP contribution >= 0.6 is 0 Å². The van der Waals surface area contributed by atoms with Crippen molar-refractivity contribution in [3.8, 4) is 0 Å². The lowest BCUT2D eigenvalue weighted by molar-refractivity contribution is 0.102. The topological polar surface area (TPSA) is 82.9 Å². The van der Waals surface area contributed by atoms with Gasteiger partial charge in [-0.1, -0.05) is 6.07 Å². The number of likely N-dealkylation sites (N-methyl/N-ethyl adjacent to an activating group) is 1. The number of hydrogen-bond acceptors (Lipinski definition) is 5. The van der Waals surface area contributed by atoms with E-state index in [1.165, 1.54) is 22.9 Å². The Labute approximate surface area is 140 Å². The molecule has 1 fully saturated rings. The van der Waals surface area contributed by atoms with Crippen LogP contribution in [-0.2, 0) is 10.0 Å². The molecule has 0 aliphatic carbocycles. The van der Waals surface area contributed by atoms with Crippen LogP contribution in [0.3, 0.4) is 0 Å². The summed E-state index contributed by atoms with van der Waals surface area (Å²) in [5.74, 6) is -0.349. The highest BCUT2D eigenvalue weighted by Crippen LogP contribution is 2.21. The minimum atomic E-state index is -3.56. The fourth-order valence-electron chi connectivity index (χ4n) is 2.51. The lowest BCUT2D eigenvalue weighted by atomic mass is 10.3. The van der Waals surface area contributed by atoms with E-state index in [0.717, 1.165) is 0 Å². The molecule has 0 unspecified atom stereocenters. The zero-order valence-corrected chi connectivity index (χ0v) is 14.1. The van der Waals surface area contributed by atoms with Gasteiger partial charge in [0.25, 0.3) is 5.91 Å². The molecule has 2 aromatic rings. The first-order valence-corrected chi connectivity index (χ1v) is 9.03. The number of anilines is 1. The number of hydrogen-bond donors (Lipinski definition) is 1. The normalized spacial score (nSPS) is 16.9. The van der Waals surface area contributed by atoms with Crippen LogP contribution < -0.4 is 5.32 Å². The Morgan fingerprint density at radius 3 is 2.58 bits per heavy atom. The molecule has 1 saturated heterocycles. The maximum absolute atomic E-state index is 12.7. The Hall–Kier alpha value is -2.16. The summed E-state index contributed by atoms with van der Waals surface area (Å²) in [7, 11) is -1.59. The van der Waals surface area contributed by atoms with Gasteiger partial charge < -0.3 is 14.6 Å². The largest absolute Gasteiger partial charge is 0.472 e. The molecule has 1 aromatic heterocycles. The fraction of sp³-hybridized carbons (Fsp3) is 0.312. The molecule has 0 atom stereocenters. The molecule has 1 amide bonds. The summed E-state index contributed by atoms with van der Waals surface area (Å²) >= 11 is 0. The average molecular weight is 349 g/mol. The standard InChI is InChI=1S/C16H19N3O4S/c1-18-6-8-19(9-7-18)24(21,22)15-4-2-3-14(11-15)17-16(20)13-5-10-23-12-13/h2-5,10-12H,6-9H2,1H3,(H,17,20). The maximum Gasteiger partial charge on any atom is 0.258 e. The van der Waals surface area contributed by atoms with Gasteiger partial charge in [-0.05, 0) is 31.3 Å². The Bertz CT molecular complexity index is 810. The van der Waals surface area contributed by atoms with Crippen LogP contribution in [0.25, 0.3) is 0 Å². The van der Waals surface area contributed by atoms with E-state index >= 15 is 0 Å². The van der Waals surface area contributed by atoms with Crippen molar-refractivity contribution in [2.45, 2.75) is 4.90 Å². The molecule has 1 aliphatic rings. The lowest BCUT2D eigenvalue weighted by Gasteiger charge is -2.31. The van der Waals surface area contributed by atoms with Crippen LogP contribution in [0, 0.1) is 0 Å². The molecule has 0 radical (unpaired) electrons. The highest BCUT2D eigenvalue weighted by atomic mass is 32.2. The van der Waals surface area contributed by atoms with E-state index in [9.17, 15) is 13.2 Å². The molecule has 0 spiro atoms. The van der Waals surface area contributed by atoms with Crippen molar-refractivity contribution >= 4 is 21.6 Å². The zero-order valence-electron chi connectivity index (χ0n) is 13.3. The predicted molar refractivity (Wildman–Crippen MR) is 89.4 cm³/mol. The second-order valence-corrected chi connectivity index (χ2v) is 7.64. The molecule has 24 heavy (non-hydrogen) atoms. The van der Waals surface area contributed by atoms with Gasteiger partial charge in [0.05, 0.1) is 16.7 Å². The summed E-state index contributed by atoms with van der Waals surface area (Å²) in [5.41, 5.74) is 0.804. The minimum absolute atomic E-state index is 0.178. The first-order valence-electron chi connectivity index (χ1n) is 7.59. The number of nitrogens with zero attached hydrogens (tertiary/aromatic N) is 2. The van der Waals surface area contributed by atoms with Crippen molar-refractivity contribution in [2.24, 2.45) is 0 Å². The third-order valence-corrected chi connectivity index (χ3v) is 5.87. The predicted octanol–water partition coefficient (Wildman–Crippen LogP) is 1.47. The van der Waals surface area contributed by atoms with Gasteiger partial charge in [-0.25, -0.2) is 8.42 Å². The number of rotatable bonds is 4. The second kappa shape index (κ2) is 6.76. The van der Waals surface area contributed by atoms with Gasteiger partial charge in [0, 0.05) is 31.9 Å². The van der Waals surface area contributed by atoms with E-state index in [1.54, 1.807) is 24.3 Å². The molecular formula is C16H19N3O4S. The number of furan rings is 1. The summed E-state index contributed by atoms with van der Waals surface area (Å²) in [5, 5.41) is 2.68. The van der Waals surface area contributed by atoms with Gasteiger partial charge in [0.15, 0.2) is 0 Å². The summed E-state index contributed by atoms with van der Waals surface area (Å²) in [6.45, 7) is 2.33. The van der Waals surface area contributed by atoms with E-state index < -0.39 is 10.0 Å². The smallest absolute Gasteiger partial charge is 0.258 e. The third-order valence-electron chi connectivity index (χ3n) is 3.98. The van der Waals surface area contributed by atoms with Gasteiger partial charge in [-0.3, -0.25) is 4.79 Å². The number of sulfonamides is 1. The van der Waals surface area contributed by atoms with E-state index in [4.69, 9.17) is 4.42 Å². The zero-order chi connectivity index (χ0) is 17.2. The van der Waals surface area contributed by atoms with Crippen LogP contribution in [0.1, 0.15) is 10.4 Å². The molecule has 0 bridgehead atoms. The first kappa shape index (κ1) is 16.7. The van der Waals surface area contributed by atoms with Crippen LogP contribution in [-0.4, -0.2) is 56.8 Å². The molecule has 3 rings (SSSR count). The van der Waals surface area contributed by atoms with Gasteiger partial charge in [-0.2, -0.15) is 4.31 Å². The Morgan fingerprint density at radius 2 is 1.92 bits per heavy atom. The number of carbonyl (C=O) groups is 1. The average Bonchev–Trinajstić information content (AvgIpc) is 3.10. The molecule has 8 heteroatoms. The second-order valence-electron chi connectivity index (χ2n) is 5.70. The Morgan fingerprint density at radius 1 is 1.17 bits per heavy atom. The molecule has 128 valence electrons. The van der Waals surface area contributed by atoms with Crippen LogP contribution in [0.15, 0.2) is 52.2 Å². The first-order chi connectivity index (χ1) is 11.5. The maximum atomic E-state index is 12.7. The van der Waals surface area contributed by atoms with Crippen molar-refractivity contribution in [3.05, 3.63) is 48.4 Å². The highest BCUT2D eigenvalue weighted by Gasteiger charge is 2.27. The van der Waals surface area contributed by atoms with Crippen molar-refractivity contribution < 1.29 is 17.6 Å². The van der Waals surface area contributed by atoms with E-state index in [2.05, 4.69) is 10.2 Å². The molecule has 1 aliphatic heterocycles. The van der Waals surface area contributed by atoms with Crippen molar-refractivity contribution in [1.29, 1.82) is 0 Å². The number of carbonyl (C=O) groups excluding carboxylic acids is 1. The Kier molecular flexibility index (Phi) is 4.70. The molecular weight excluding hydrogens is 330 g/mol. The SMILES string of the molecule is CN1CCN(S(=O)(=O)c2cccc(NC(=O)c3ccoc3)c2)CC1. The van der Waals surface area contributed by atoms with Gasteiger partial charge >= 0.3 is 0 Å². The van der Waals surface area contributed by atoms with Crippen molar-refractivity contribution in [3.63, 3.8) is 0 Å². The Balaban J connectivity index is 1.78. The summed E-state index contributed by atoms with van der Waals surface area (Å²) in [6.07, 6.45) is 2.74. The van der Waals surface area contributed by atoms with Crippen LogP contribution in [0.2, 0.25) is 0 Å². The number of benzene rings is 1.